The van der Waals surface area contributed by atoms with Crippen molar-refractivity contribution in [2.24, 2.45) is 0 Å². The maximum Gasteiger partial charge on any atom is 0 e. The minimum atomic E-state index is -0.826. The van der Waals surface area contributed by atoms with Crippen molar-refractivity contribution in [1.29, 1.82) is 0 Å². The van der Waals surface area contributed by atoms with Gasteiger partial charge in [0, 0.05) is 26.2 Å². The van der Waals surface area contributed by atoms with E-state index in [0.29, 0.717) is 0 Å². The van der Waals surface area contributed by atoms with Gasteiger partial charge in [0.25, 0.3) is 0 Å². The summed E-state index contributed by atoms with van der Waals surface area (Å²) >= 11 is -0.826. The summed E-state index contributed by atoms with van der Waals surface area (Å²) in [4.78, 5) is 0. The van der Waals surface area contributed by atoms with Gasteiger partial charge >= 0.3 is 37.9 Å². The second kappa shape index (κ2) is 18.3. The molecule has 0 unspecified atom stereocenters. The molecule has 44 heavy (non-hydrogen) atoms. The second-order valence-corrected chi connectivity index (χ2v) is 13.7. The van der Waals surface area contributed by atoms with Crippen LogP contribution in [-0.4, -0.2) is 0 Å². The first-order valence-electron chi connectivity index (χ1n) is 14.1. The first kappa shape index (κ1) is 34.2. The van der Waals surface area contributed by atoms with Crippen LogP contribution in [0.2, 0.25) is 0 Å². The van der Waals surface area contributed by atoms with Gasteiger partial charge in [-0.25, -0.2) is 0 Å². The fourth-order valence-corrected chi connectivity index (χ4v) is 5.21. The second-order valence-electron chi connectivity index (χ2n) is 9.93. The number of halogens is 2. The molecule has 0 radical (unpaired) electrons. The summed E-state index contributed by atoms with van der Waals surface area (Å²) in [5.41, 5.74) is 5.51. The molecule has 0 amide bonds. The molecule has 0 saturated carbocycles. The molecule has 0 bridgehead atoms. The van der Waals surface area contributed by atoms with E-state index in [4.69, 9.17) is 17.0 Å². The molecule has 216 valence electrons. The van der Waals surface area contributed by atoms with Crippen molar-refractivity contribution in [3.63, 3.8) is 0 Å². The molecule has 0 saturated heterocycles. The first-order chi connectivity index (χ1) is 21.3. The van der Waals surface area contributed by atoms with Crippen molar-refractivity contribution in [1.82, 2.24) is 0 Å². The molecule has 0 spiro atoms. The Hall–Kier alpha value is -2.72. The molecular formula is C40H30Cl2Zr2-4. The number of fused-ring (bicyclic) bond motifs is 6. The molecule has 0 aromatic heterocycles. The molecule has 8 aromatic carbocycles. The van der Waals surface area contributed by atoms with Gasteiger partial charge in [-0.1, -0.05) is 53.6 Å². The third-order valence-corrected chi connectivity index (χ3v) is 7.26. The summed E-state index contributed by atoms with van der Waals surface area (Å²) in [6, 6.07) is 62.1. The smallest absolute Gasteiger partial charge is 0 e. The molecular weight excluding hydrogens is 734 g/mol. The van der Waals surface area contributed by atoms with E-state index in [2.05, 4.69) is 170 Å². The zero-order valence-corrected chi connectivity index (χ0v) is 30.6. The average Bonchev–Trinajstić information content (AvgIpc) is 3.88. The summed E-state index contributed by atoms with van der Waals surface area (Å²) in [6.07, 6.45) is 1.05. The molecule has 9 rings (SSSR count). The monoisotopic (exact) mass is 760 g/mol. The van der Waals surface area contributed by atoms with E-state index in [1.54, 1.807) is 0 Å². The van der Waals surface area contributed by atoms with Gasteiger partial charge in [0.1, 0.15) is 0 Å². The van der Waals surface area contributed by atoms with Gasteiger partial charge in [-0.15, -0.1) is 94.5 Å². The molecule has 0 heterocycles. The van der Waals surface area contributed by atoms with E-state index in [-0.39, 0.29) is 26.2 Å². The van der Waals surface area contributed by atoms with Crippen LogP contribution in [0.5, 0.6) is 0 Å². The zero-order chi connectivity index (χ0) is 29.7. The number of rotatable bonds is 0. The van der Waals surface area contributed by atoms with Crippen LogP contribution in [-0.2, 0) is 53.5 Å². The number of hydrogen-bond donors (Lipinski definition) is 0. The van der Waals surface area contributed by atoms with Gasteiger partial charge in [0.2, 0.25) is 0 Å². The minimum absolute atomic E-state index is 0. The third kappa shape index (κ3) is 9.39. The standard InChI is InChI=1S/C13H9.3C9H7.2ClH.2Zr/c1-3-7-12-10(5-1)9-11-6-2-4-8-13(11)12;3*1-2-5-9-7-3-6-8(9)4-1;;;;/h1-5,7-8H,9H2;3*1-7H;2*1H;;/q4*-1;;;;+2/p-2. The van der Waals surface area contributed by atoms with Crippen molar-refractivity contribution in [3.8, 4) is 11.1 Å². The SMILES string of the molecule is [Cl][Zr][Cl].[Zr].[c-]1cccc2c1Cc1ccccc1-2.c1ccc2[cH-]ccc2c1.c1ccc2[cH-]ccc2c1.c1ccc2[cH-]ccc2c1. The molecule has 0 atom stereocenters. The van der Waals surface area contributed by atoms with Gasteiger partial charge < -0.3 is 0 Å². The van der Waals surface area contributed by atoms with Crippen LogP contribution in [0.3, 0.4) is 0 Å². The summed E-state index contributed by atoms with van der Waals surface area (Å²) in [5, 5.41) is 7.99. The summed E-state index contributed by atoms with van der Waals surface area (Å²) in [6.45, 7) is 0. The van der Waals surface area contributed by atoms with Crippen LogP contribution in [0, 0.1) is 6.07 Å². The van der Waals surface area contributed by atoms with Crippen molar-refractivity contribution >= 4 is 49.3 Å². The Bertz CT molecular complexity index is 1690. The maximum absolute atomic E-state index is 4.93. The van der Waals surface area contributed by atoms with E-state index in [1.807, 2.05) is 6.07 Å². The predicted molar refractivity (Wildman–Crippen MR) is 184 cm³/mol. The van der Waals surface area contributed by atoms with E-state index >= 15 is 0 Å². The maximum atomic E-state index is 4.93. The van der Waals surface area contributed by atoms with Crippen LogP contribution in [0.4, 0.5) is 0 Å². The molecule has 4 heteroatoms. The third-order valence-electron chi connectivity index (χ3n) is 7.26. The van der Waals surface area contributed by atoms with Gasteiger partial charge in [0.05, 0.1) is 0 Å². The Morgan fingerprint density at radius 2 is 0.909 bits per heavy atom. The summed E-state index contributed by atoms with van der Waals surface area (Å²) in [5.74, 6) is 0. The van der Waals surface area contributed by atoms with Crippen molar-refractivity contribution in [2.75, 3.05) is 0 Å². The van der Waals surface area contributed by atoms with Crippen LogP contribution < -0.4 is 0 Å². The first-order valence-corrected chi connectivity index (χ1v) is 20.5. The van der Waals surface area contributed by atoms with E-state index in [9.17, 15) is 0 Å². The zero-order valence-electron chi connectivity index (χ0n) is 24.1. The van der Waals surface area contributed by atoms with Crippen LogP contribution >= 0.6 is 17.0 Å². The van der Waals surface area contributed by atoms with E-state index in [0.717, 1.165) is 6.42 Å². The Kier molecular flexibility index (Phi) is 14.2. The minimum Gasteiger partial charge on any atom is -0.179 e. The molecule has 8 aromatic rings. The van der Waals surface area contributed by atoms with Gasteiger partial charge in [0.15, 0.2) is 0 Å². The van der Waals surface area contributed by atoms with E-state index in [1.165, 1.54) is 54.6 Å². The van der Waals surface area contributed by atoms with Crippen molar-refractivity contribution < 1.29 is 47.1 Å². The Morgan fingerprint density at radius 3 is 1.39 bits per heavy atom. The van der Waals surface area contributed by atoms with Gasteiger partial charge in [-0.05, 0) is 6.42 Å². The molecule has 0 fully saturated rings. The predicted octanol–water partition coefficient (Wildman–Crippen LogP) is 12.1. The molecule has 0 nitrogen and oxygen atoms in total. The van der Waals surface area contributed by atoms with Gasteiger partial charge in [-0.3, -0.25) is 0 Å². The van der Waals surface area contributed by atoms with Crippen LogP contribution in [0.25, 0.3) is 43.4 Å². The quantitative estimate of drug-likeness (QED) is 0.135. The van der Waals surface area contributed by atoms with Crippen molar-refractivity contribution in [3.05, 3.63) is 187 Å². The Morgan fingerprint density at radius 1 is 0.500 bits per heavy atom. The average molecular weight is 764 g/mol. The number of hydrogen-bond acceptors (Lipinski definition) is 0. The fraction of sp³-hybridized carbons (Fsp3) is 0.0250. The molecule has 1 aliphatic rings. The Labute approximate surface area is 298 Å². The molecule has 0 aliphatic heterocycles. The fourth-order valence-electron chi connectivity index (χ4n) is 5.21. The molecule has 0 N–H and O–H groups in total. The summed E-state index contributed by atoms with van der Waals surface area (Å²) in [7, 11) is 9.87. The number of benzene rings is 5. The van der Waals surface area contributed by atoms with Crippen molar-refractivity contribution in [2.45, 2.75) is 6.42 Å². The van der Waals surface area contributed by atoms with Crippen LogP contribution in [0.1, 0.15) is 11.1 Å². The topological polar surface area (TPSA) is 0 Å². The van der Waals surface area contributed by atoms with E-state index < -0.39 is 20.8 Å². The summed E-state index contributed by atoms with van der Waals surface area (Å²) < 4.78 is 0. The normalized spacial score (nSPS) is 10.2. The molecule has 1 aliphatic carbocycles. The largest absolute Gasteiger partial charge is 0.179 e. The van der Waals surface area contributed by atoms with Crippen LogP contribution in [0.15, 0.2) is 170 Å². The Balaban J connectivity index is 0.000000131. The van der Waals surface area contributed by atoms with Gasteiger partial charge in [-0.2, -0.15) is 82.4 Å².